The lowest BCUT2D eigenvalue weighted by molar-refractivity contribution is -0.302. The molecule has 0 saturated carbocycles. The minimum Gasteiger partial charge on any atom is -0.394 e. The van der Waals surface area contributed by atoms with Crippen molar-refractivity contribution in [3.8, 4) is 0 Å². The average molecular weight is 660 g/mol. The van der Waals surface area contributed by atoms with Crippen LogP contribution in [0.15, 0.2) is 0 Å². The molecule has 0 aromatic heterocycles. The summed E-state index contributed by atoms with van der Waals surface area (Å²) in [4.78, 5) is 12.7. The molecular formula is C37H73NO8. The van der Waals surface area contributed by atoms with Crippen molar-refractivity contribution >= 4 is 5.91 Å². The summed E-state index contributed by atoms with van der Waals surface area (Å²) >= 11 is 0. The molecule has 1 heterocycles. The molecule has 0 aliphatic carbocycles. The van der Waals surface area contributed by atoms with Crippen LogP contribution in [-0.2, 0) is 14.3 Å². The third-order valence-electron chi connectivity index (χ3n) is 9.46. The van der Waals surface area contributed by atoms with E-state index in [-0.39, 0.29) is 12.5 Å². The zero-order valence-corrected chi connectivity index (χ0v) is 29.6. The molecule has 1 aliphatic heterocycles. The summed E-state index contributed by atoms with van der Waals surface area (Å²) in [6.45, 7) is 3.75. The molecule has 1 aliphatic rings. The first-order valence-electron chi connectivity index (χ1n) is 19.2. The molecule has 0 bridgehead atoms. The highest BCUT2D eigenvalue weighted by Gasteiger charge is 2.44. The van der Waals surface area contributed by atoms with Crippen molar-refractivity contribution in [2.75, 3.05) is 13.2 Å². The molecule has 6 N–H and O–H groups in total. The Balaban J connectivity index is 2.33. The van der Waals surface area contributed by atoms with Crippen LogP contribution in [0.1, 0.15) is 174 Å². The van der Waals surface area contributed by atoms with Crippen LogP contribution >= 0.6 is 0 Å². The SMILES string of the molecule is CCCCCCCCCCCCCCCCCCCC(O)C(COC1OC(CO)C(O)C(O)C1O)NC(=O)CCCCCCCC. The molecule has 7 atom stereocenters. The molecule has 1 saturated heterocycles. The Morgan fingerprint density at radius 1 is 0.652 bits per heavy atom. The van der Waals surface area contributed by atoms with Gasteiger partial charge in [-0.15, -0.1) is 0 Å². The number of carbonyl (C=O) groups is 1. The van der Waals surface area contributed by atoms with Gasteiger partial charge in [-0.05, 0) is 12.8 Å². The Morgan fingerprint density at radius 2 is 1.09 bits per heavy atom. The fraction of sp³-hybridized carbons (Fsp3) is 0.973. The third-order valence-corrected chi connectivity index (χ3v) is 9.46. The van der Waals surface area contributed by atoms with Crippen molar-refractivity contribution in [3.63, 3.8) is 0 Å². The fourth-order valence-corrected chi connectivity index (χ4v) is 6.28. The van der Waals surface area contributed by atoms with E-state index in [4.69, 9.17) is 9.47 Å². The van der Waals surface area contributed by atoms with E-state index in [0.29, 0.717) is 12.8 Å². The summed E-state index contributed by atoms with van der Waals surface area (Å²) in [6.07, 6.45) is 21.4. The lowest BCUT2D eigenvalue weighted by atomic mass is 9.99. The van der Waals surface area contributed by atoms with Crippen molar-refractivity contribution in [2.45, 2.75) is 217 Å². The van der Waals surface area contributed by atoms with Crippen molar-refractivity contribution in [2.24, 2.45) is 0 Å². The van der Waals surface area contributed by atoms with E-state index < -0.39 is 49.5 Å². The van der Waals surface area contributed by atoms with Gasteiger partial charge in [-0.2, -0.15) is 0 Å². The van der Waals surface area contributed by atoms with E-state index in [1.807, 2.05) is 0 Å². The second kappa shape index (κ2) is 29.1. The molecule has 274 valence electrons. The van der Waals surface area contributed by atoms with Gasteiger partial charge in [-0.25, -0.2) is 0 Å². The van der Waals surface area contributed by atoms with Gasteiger partial charge in [0.15, 0.2) is 6.29 Å². The summed E-state index contributed by atoms with van der Waals surface area (Å²) in [5.74, 6) is -0.153. The molecule has 7 unspecified atom stereocenters. The maximum absolute atomic E-state index is 12.7. The quantitative estimate of drug-likeness (QED) is 0.0466. The first kappa shape index (κ1) is 43.2. The van der Waals surface area contributed by atoms with Gasteiger partial charge in [0.2, 0.25) is 5.91 Å². The van der Waals surface area contributed by atoms with Gasteiger partial charge >= 0.3 is 0 Å². The van der Waals surface area contributed by atoms with Crippen LogP contribution in [0, 0.1) is 0 Å². The van der Waals surface area contributed by atoms with Crippen LogP contribution in [0.3, 0.4) is 0 Å². The van der Waals surface area contributed by atoms with Gasteiger partial charge in [0.1, 0.15) is 24.4 Å². The van der Waals surface area contributed by atoms with Gasteiger partial charge in [-0.3, -0.25) is 4.79 Å². The summed E-state index contributed by atoms with van der Waals surface area (Å²) in [5.41, 5.74) is 0. The highest BCUT2D eigenvalue weighted by atomic mass is 16.7. The van der Waals surface area contributed by atoms with Gasteiger partial charge in [-0.1, -0.05) is 155 Å². The Morgan fingerprint density at radius 3 is 1.54 bits per heavy atom. The number of hydrogen-bond acceptors (Lipinski definition) is 8. The molecule has 46 heavy (non-hydrogen) atoms. The van der Waals surface area contributed by atoms with Gasteiger partial charge in [0, 0.05) is 6.42 Å². The molecule has 9 nitrogen and oxygen atoms in total. The average Bonchev–Trinajstić information content (AvgIpc) is 3.05. The Bertz CT molecular complexity index is 696. The summed E-state index contributed by atoms with van der Waals surface area (Å²) in [6, 6.07) is -0.707. The van der Waals surface area contributed by atoms with Crippen LogP contribution in [-0.4, -0.2) is 87.5 Å². The van der Waals surface area contributed by atoms with Crippen molar-refractivity contribution in [1.29, 1.82) is 0 Å². The number of nitrogens with one attached hydrogen (secondary N) is 1. The largest absolute Gasteiger partial charge is 0.394 e. The molecule has 0 spiro atoms. The maximum atomic E-state index is 12.7. The summed E-state index contributed by atoms with van der Waals surface area (Å²) in [7, 11) is 0. The zero-order valence-electron chi connectivity index (χ0n) is 29.6. The smallest absolute Gasteiger partial charge is 0.220 e. The number of amides is 1. The Labute approximate surface area is 281 Å². The molecule has 0 aromatic rings. The lowest BCUT2D eigenvalue weighted by Crippen LogP contribution is -2.60. The predicted octanol–water partition coefficient (Wildman–Crippen LogP) is 6.44. The molecule has 1 rings (SSSR count). The Hall–Kier alpha value is -0.810. The van der Waals surface area contributed by atoms with Gasteiger partial charge < -0.3 is 40.3 Å². The third kappa shape index (κ3) is 20.5. The second-order valence-electron chi connectivity index (χ2n) is 13.7. The maximum Gasteiger partial charge on any atom is 0.220 e. The first-order valence-corrected chi connectivity index (χ1v) is 19.2. The number of unbranched alkanes of at least 4 members (excludes halogenated alkanes) is 21. The highest BCUT2D eigenvalue weighted by Crippen LogP contribution is 2.23. The van der Waals surface area contributed by atoms with E-state index in [0.717, 1.165) is 38.5 Å². The topological polar surface area (TPSA) is 149 Å². The molecule has 1 amide bonds. The van der Waals surface area contributed by atoms with Crippen LogP contribution in [0.25, 0.3) is 0 Å². The van der Waals surface area contributed by atoms with E-state index in [2.05, 4.69) is 19.2 Å². The van der Waals surface area contributed by atoms with E-state index in [1.165, 1.54) is 109 Å². The predicted molar refractivity (Wildman–Crippen MR) is 184 cm³/mol. The number of hydrogen-bond donors (Lipinski definition) is 6. The van der Waals surface area contributed by atoms with Crippen molar-refractivity contribution < 1.29 is 39.8 Å². The molecular weight excluding hydrogens is 586 g/mol. The normalized spacial score (nSPS) is 23.0. The first-order chi connectivity index (χ1) is 22.3. The van der Waals surface area contributed by atoms with Crippen molar-refractivity contribution in [3.05, 3.63) is 0 Å². The number of aliphatic hydroxyl groups excluding tert-OH is 5. The van der Waals surface area contributed by atoms with Crippen LogP contribution < -0.4 is 5.32 Å². The van der Waals surface area contributed by atoms with E-state index >= 15 is 0 Å². The Kier molecular flexibility index (Phi) is 27.4. The van der Waals surface area contributed by atoms with Crippen molar-refractivity contribution in [1.82, 2.24) is 5.32 Å². The standard InChI is InChI=1S/C37H73NO8/c1-3-5-7-9-11-12-13-14-15-16-17-18-19-20-21-22-24-26-31(40)30(38-33(41)27-25-23-10-8-6-4-2)29-45-37-36(44)35(43)34(42)32(28-39)46-37/h30-32,34-37,39-40,42-44H,3-29H2,1-2H3,(H,38,41). The fourth-order valence-electron chi connectivity index (χ4n) is 6.28. The van der Waals surface area contributed by atoms with E-state index in [1.54, 1.807) is 0 Å². The molecule has 0 radical (unpaired) electrons. The minimum atomic E-state index is -1.54. The lowest BCUT2D eigenvalue weighted by Gasteiger charge is -2.40. The van der Waals surface area contributed by atoms with Crippen LogP contribution in [0.5, 0.6) is 0 Å². The molecule has 9 heteroatoms. The van der Waals surface area contributed by atoms with Gasteiger partial charge in [0.25, 0.3) is 0 Å². The number of carbonyl (C=O) groups excluding carboxylic acids is 1. The second-order valence-corrected chi connectivity index (χ2v) is 13.7. The number of rotatable bonds is 31. The van der Waals surface area contributed by atoms with E-state index in [9.17, 15) is 30.3 Å². The van der Waals surface area contributed by atoms with Crippen LogP contribution in [0.2, 0.25) is 0 Å². The number of aliphatic hydroxyl groups is 5. The minimum absolute atomic E-state index is 0.134. The monoisotopic (exact) mass is 660 g/mol. The van der Waals surface area contributed by atoms with Gasteiger partial charge in [0.05, 0.1) is 25.4 Å². The highest BCUT2D eigenvalue weighted by molar-refractivity contribution is 5.76. The zero-order chi connectivity index (χ0) is 33.8. The molecule has 1 fully saturated rings. The summed E-state index contributed by atoms with van der Waals surface area (Å²) in [5, 5.41) is 53.8. The van der Waals surface area contributed by atoms with Crippen LogP contribution in [0.4, 0.5) is 0 Å². The summed E-state index contributed by atoms with van der Waals surface area (Å²) < 4.78 is 11.2. The molecule has 0 aromatic carbocycles. The number of ether oxygens (including phenoxy) is 2.